The molecule has 0 radical (unpaired) electrons. The van der Waals surface area contributed by atoms with Crippen LogP contribution >= 0.6 is 15.9 Å². The van der Waals surface area contributed by atoms with Crippen LogP contribution in [0.4, 0.5) is 18.0 Å². The molecular formula is C23H22BrF3N2O3. The average molecular weight is 511 g/mol. The molecule has 1 heterocycles. The standard InChI is InChI=1S/C23H22BrF3N2O3/c24-16-3-1-2-15-13(9-20(30)31)11-23(21(15)16)4-6-29(7-5-23)22(32)28-12-14-8-18(26)19(27)10-17(14)25/h1-3,8,10,13H,4-7,9,11-12H2,(H,28,32)(H,30,31). The first-order valence-electron chi connectivity index (χ1n) is 10.4. The fraction of sp³-hybridized carbons (Fsp3) is 0.391. The number of carboxylic acids is 1. The van der Waals surface area contributed by atoms with E-state index in [1.165, 1.54) is 0 Å². The van der Waals surface area contributed by atoms with Crippen molar-refractivity contribution in [2.75, 3.05) is 13.1 Å². The Kier molecular flexibility index (Phi) is 6.20. The van der Waals surface area contributed by atoms with Gasteiger partial charge in [-0.3, -0.25) is 4.79 Å². The van der Waals surface area contributed by atoms with Crippen molar-refractivity contribution >= 4 is 27.9 Å². The number of hydrogen-bond donors (Lipinski definition) is 2. The molecule has 2 aromatic rings. The molecule has 2 aliphatic rings. The van der Waals surface area contributed by atoms with Crippen molar-refractivity contribution in [1.29, 1.82) is 0 Å². The number of halogens is 4. The van der Waals surface area contributed by atoms with Gasteiger partial charge in [0, 0.05) is 41.2 Å². The van der Waals surface area contributed by atoms with Gasteiger partial charge in [0.15, 0.2) is 11.6 Å². The molecule has 0 aromatic heterocycles. The highest BCUT2D eigenvalue weighted by atomic mass is 79.9. The lowest BCUT2D eigenvalue weighted by atomic mass is 9.73. The Morgan fingerprint density at radius 1 is 1.12 bits per heavy atom. The number of amides is 2. The summed E-state index contributed by atoms with van der Waals surface area (Å²) in [5.74, 6) is -4.27. The number of carboxylic acid groups (broad SMARTS) is 1. The predicted molar refractivity (Wildman–Crippen MR) is 115 cm³/mol. The van der Waals surface area contributed by atoms with Gasteiger partial charge in [0.2, 0.25) is 0 Å². The first-order chi connectivity index (χ1) is 15.2. The number of fused-ring (bicyclic) bond motifs is 2. The van der Waals surface area contributed by atoms with Gasteiger partial charge in [0.05, 0.1) is 6.42 Å². The molecule has 0 bridgehead atoms. The van der Waals surface area contributed by atoms with Crippen LogP contribution in [0.3, 0.4) is 0 Å². The van der Waals surface area contributed by atoms with Gasteiger partial charge < -0.3 is 15.3 Å². The molecule has 2 N–H and O–H groups in total. The molecule has 5 nitrogen and oxygen atoms in total. The van der Waals surface area contributed by atoms with Crippen molar-refractivity contribution in [2.45, 2.75) is 43.6 Å². The number of rotatable bonds is 4. The fourth-order valence-corrected chi connectivity index (χ4v) is 5.89. The number of aliphatic carboxylic acids is 1. The Morgan fingerprint density at radius 2 is 1.81 bits per heavy atom. The van der Waals surface area contributed by atoms with Crippen molar-refractivity contribution in [3.8, 4) is 0 Å². The smallest absolute Gasteiger partial charge is 0.317 e. The number of carbonyl (C=O) groups excluding carboxylic acids is 1. The van der Waals surface area contributed by atoms with Crippen LogP contribution in [0.2, 0.25) is 0 Å². The van der Waals surface area contributed by atoms with Crippen LogP contribution in [0.1, 0.15) is 48.3 Å². The number of nitrogens with zero attached hydrogens (tertiary/aromatic N) is 1. The van der Waals surface area contributed by atoms with Gasteiger partial charge in [-0.1, -0.05) is 28.1 Å². The second-order valence-corrected chi connectivity index (χ2v) is 9.34. The summed E-state index contributed by atoms with van der Waals surface area (Å²) in [4.78, 5) is 25.6. The number of urea groups is 1. The lowest BCUT2D eigenvalue weighted by Gasteiger charge is -2.40. The SMILES string of the molecule is O=C(O)CC1CC2(CCN(C(=O)NCc3cc(F)c(F)cc3F)CC2)c2c(Br)cccc21. The van der Waals surface area contributed by atoms with Crippen molar-refractivity contribution < 1.29 is 27.9 Å². The van der Waals surface area contributed by atoms with E-state index in [1.807, 2.05) is 18.2 Å². The van der Waals surface area contributed by atoms with E-state index in [1.54, 1.807) is 4.90 Å². The molecule has 1 saturated heterocycles. The molecule has 2 aromatic carbocycles. The van der Waals surface area contributed by atoms with Gasteiger partial charge in [-0.15, -0.1) is 0 Å². The Balaban J connectivity index is 1.43. The second kappa shape index (κ2) is 8.77. The summed E-state index contributed by atoms with van der Waals surface area (Å²) in [6.45, 7) is 0.651. The first-order valence-corrected chi connectivity index (χ1v) is 11.2. The summed E-state index contributed by atoms with van der Waals surface area (Å²) in [6.07, 6.45) is 2.12. The molecule has 9 heteroatoms. The lowest BCUT2D eigenvalue weighted by molar-refractivity contribution is -0.137. The average Bonchev–Trinajstić information content (AvgIpc) is 3.03. The number of piperidine rings is 1. The molecule has 1 spiro atoms. The maximum absolute atomic E-state index is 13.8. The molecule has 32 heavy (non-hydrogen) atoms. The Labute approximate surface area is 191 Å². The highest BCUT2D eigenvalue weighted by Gasteiger charge is 2.47. The normalized spacial score (nSPS) is 19.1. The van der Waals surface area contributed by atoms with E-state index in [2.05, 4.69) is 21.2 Å². The van der Waals surface area contributed by atoms with Crippen molar-refractivity contribution in [3.63, 3.8) is 0 Å². The van der Waals surface area contributed by atoms with Crippen molar-refractivity contribution in [1.82, 2.24) is 10.2 Å². The van der Waals surface area contributed by atoms with Crippen LogP contribution in [0.15, 0.2) is 34.8 Å². The minimum absolute atomic E-state index is 0.0647. The van der Waals surface area contributed by atoms with Gasteiger partial charge in [0.1, 0.15) is 5.82 Å². The van der Waals surface area contributed by atoms with Crippen LogP contribution in [-0.2, 0) is 16.8 Å². The highest BCUT2D eigenvalue weighted by molar-refractivity contribution is 9.10. The van der Waals surface area contributed by atoms with Gasteiger partial charge in [-0.25, -0.2) is 18.0 Å². The summed E-state index contributed by atoms with van der Waals surface area (Å²) in [6, 6.07) is 6.65. The first kappa shape index (κ1) is 22.6. The van der Waals surface area contributed by atoms with E-state index in [0.717, 1.165) is 21.7 Å². The van der Waals surface area contributed by atoms with Gasteiger partial charge in [0.25, 0.3) is 0 Å². The molecular weight excluding hydrogens is 489 g/mol. The highest BCUT2D eigenvalue weighted by Crippen LogP contribution is 2.54. The van der Waals surface area contributed by atoms with Crippen LogP contribution in [-0.4, -0.2) is 35.1 Å². The van der Waals surface area contributed by atoms with Gasteiger partial charge >= 0.3 is 12.0 Å². The molecule has 170 valence electrons. The van der Waals surface area contributed by atoms with E-state index in [9.17, 15) is 27.9 Å². The van der Waals surface area contributed by atoms with Crippen LogP contribution in [0.25, 0.3) is 0 Å². The minimum Gasteiger partial charge on any atom is -0.481 e. The summed E-state index contributed by atoms with van der Waals surface area (Å²) < 4.78 is 41.2. The monoisotopic (exact) mass is 510 g/mol. The molecule has 1 fully saturated rings. The van der Waals surface area contributed by atoms with E-state index in [4.69, 9.17) is 0 Å². The number of nitrogens with one attached hydrogen (secondary N) is 1. The third-order valence-electron chi connectivity index (χ3n) is 6.60. The third-order valence-corrected chi connectivity index (χ3v) is 7.26. The van der Waals surface area contributed by atoms with E-state index >= 15 is 0 Å². The van der Waals surface area contributed by atoms with E-state index in [-0.39, 0.29) is 29.9 Å². The summed E-state index contributed by atoms with van der Waals surface area (Å²) in [5.41, 5.74) is 1.85. The number of carbonyl (C=O) groups is 2. The van der Waals surface area contributed by atoms with Crippen molar-refractivity contribution in [2.24, 2.45) is 0 Å². The van der Waals surface area contributed by atoms with Crippen LogP contribution < -0.4 is 5.32 Å². The van der Waals surface area contributed by atoms with Crippen LogP contribution in [0.5, 0.6) is 0 Å². The molecule has 1 aliphatic carbocycles. The number of hydrogen-bond acceptors (Lipinski definition) is 2. The van der Waals surface area contributed by atoms with Gasteiger partial charge in [-0.05, 0) is 48.4 Å². The summed E-state index contributed by atoms with van der Waals surface area (Å²) in [7, 11) is 0. The topological polar surface area (TPSA) is 69.6 Å². The maximum Gasteiger partial charge on any atom is 0.317 e. The molecule has 2 amide bonds. The minimum atomic E-state index is -1.27. The van der Waals surface area contributed by atoms with Crippen molar-refractivity contribution in [3.05, 3.63) is 68.9 Å². The quantitative estimate of drug-likeness (QED) is 0.564. The maximum atomic E-state index is 13.8. The number of benzene rings is 2. The molecule has 4 rings (SSSR count). The predicted octanol–water partition coefficient (Wildman–Crippen LogP) is 5.07. The molecule has 1 aliphatic heterocycles. The Bertz CT molecular complexity index is 1070. The lowest BCUT2D eigenvalue weighted by Crippen LogP contribution is -2.48. The zero-order valence-electron chi connectivity index (χ0n) is 17.1. The van der Waals surface area contributed by atoms with Crippen LogP contribution in [0, 0.1) is 17.5 Å². The van der Waals surface area contributed by atoms with E-state index in [0.29, 0.717) is 38.4 Å². The Hall–Kier alpha value is -2.55. The largest absolute Gasteiger partial charge is 0.481 e. The zero-order valence-corrected chi connectivity index (χ0v) is 18.7. The van der Waals surface area contributed by atoms with Gasteiger partial charge in [-0.2, -0.15) is 0 Å². The Morgan fingerprint density at radius 3 is 2.50 bits per heavy atom. The molecule has 1 unspecified atom stereocenters. The molecule has 1 atom stereocenters. The second-order valence-electron chi connectivity index (χ2n) is 8.49. The summed E-state index contributed by atoms with van der Waals surface area (Å²) in [5, 5.41) is 11.9. The number of likely N-dealkylation sites (tertiary alicyclic amines) is 1. The summed E-state index contributed by atoms with van der Waals surface area (Å²) >= 11 is 3.63. The van der Waals surface area contributed by atoms with E-state index < -0.39 is 29.5 Å². The zero-order chi connectivity index (χ0) is 23.0. The molecule has 0 saturated carbocycles. The fourth-order valence-electron chi connectivity index (χ4n) is 5.09. The third kappa shape index (κ3) is 4.22.